The van der Waals surface area contributed by atoms with Gasteiger partial charge in [0.15, 0.2) is 0 Å². The third-order valence-corrected chi connectivity index (χ3v) is 6.18. The monoisotopic (exact) mass is 560 g/mol. The first kappa shape index (κ1) is 32.0. The smallest absolute Gasteiger partial charge is 0.326 e. The Bertz CT molecular complexity index is 1200. The predicted octanol–water partition coefficient (Wildman–Crippen LogP) is 0.500. The van der Waals surface area contributed by atoms with Crippen molar-refractivity contribution in [2.24, 2.45) is 25.6 Å². The molecule has 0 aliphatic carbocycles. The average molecular weight is 561 g/mol. The minimum Gasteiger partial charge on any atom is -0.480 e. The Balaban J connectivity index is 2.13. The van der Waals surface area contributed by atoms with Gasteiger partial charge in [-0.1, -0.05) is 0 Å². The lowest BCUT2D eigenvalue weighted by Crippen LogP contribution is -2.51. The van der Waals surface area contributed by atoms with Gasteiger partial charge in [-0.15, -0.1) is 0 Å². The lowest BCUT2D eigenvalue weighted by molar-refractivity contribution is -0.142. The Morgan fingerprint density at radius 2 is 1.27 bits per heavy atom. The number of anilines is 2. The van der Waals surface area contributed by atoms with E-state index in [0.717, 1.165) is 0 Å². The number of unbranched alkanes of at least 4 members (excludes halogenated alkanes) is 2. The lowest BCUT2D eigenvalue weighted by Gasteiger charge is -2.21. The van der Waals surface area contributed by atoms with E-state index in [1.165, 1.54) is 23.6 Å². The number of aromatic nitrogens is 2. The summed E-state index contributed by atoms with van der Waals surface area (Å²) in [4.78, 5) is 61.9. The third-order valence-electron chi connectivity index (χ3n) is 6.18. The van der Waals surface area contributed by atoms with Gasteiger partial charge in [-0.2, -0.15) is 0 Å². The van der Waals surface area contributed by atoms with Crippen LogP contribution in [0, 0.1) is 0 Å². The maximum Gasteiger partial charge on any atom is 0.326 e. The molecule has 0 bridgehead atoms. The Kier molecular flexibility index (Phi) is 12.4. The molecular formula is C26H40N8O6. The highest BCUT2D eigenvalue weighted by Crippen LogP contribution is 2.18. The summed E-state index contributed by atoms with van der Waals surface area (Å²) < 4.78 is 3.06. The zero-order valence-electron chi connectivity index (χ0n) is 23.2. The van der Waals surface area contributed by atoms with Crippen LogP contribution >= 0.6 is 0 Å². The van der Waals surface area contributed by atoms with Crippen LogP contribution in [0.1, 0.15) is 66.4 Å². The summed E-state index contributed by atoms with van der Waals surface area (Å²) in [5.74, 6) is -3.06. The number of carboxylic acids is 1. The number of hydrogen-bond donors (Lipinski definition) is 7. The zero-order valence-corrected chi connectivity index (χ0v) is 23.2. The van der Waals surface area contributed by atoms with Crippen LogP contribution in [-0.4, -0.2) is 69.0 Å². The summed E-state index contributed by atoms with van der Waals surface area (Å²) in [6.45, 7) is 2.19. The van der Waals surface area contributed by atoms with Gasteiger partial charge in [-0.25, -0.2) is 4.79 Å². The number of carbonyl (C=O) groups excluding carboxylic acids is 4. The van der Waals surface area contributed by atoms with Crippen LogP contribution < -0.4 is 32.7 Å². The molecule has 2 aromatic heterocycles. The van der Waals surface area contributed by atoms with Crippen LogP contribution in [0.3, 0.4) is 0 Å². The Hall–Kier alpha value is -4.17. The van der Waals surface area contributed by atoms with Crippen molar-refractivity contribution in [2.45, 2.75) is 57.5 Å². The molecule has 0 fully saturated rings. The third kappa shape index (κ3) is 9.54. The summed E-state index contributed by atoms with van der Waals surface area (Å²) in [7, 11) is 3.27. The van der Waals surface area contributed by atoms with Crippen LogP contribution in [0.4, 0.5) is 11.4 Å². The molecule has 0 saturated carbocycles. The molecule has 0 aliphatic heterocycles. The van der Waals surface area contributed by atoms with E-state index in [9.17, 15) is 29.1 Å². The van der Waals surface area contributed by atoms with Crippen molar-refractivity contribution in [1.29, 1.82) is 0 Å². The number of amides is 4. The topological polar surface area (TPSA) is 216 Å². The Morgan fingerprint density at radius 1 is 0.775 bits per heavy atom. The standard InChI is InChI=1S/C26H40N8O6/c1-16(35)29-17-12-21(33(2)14-17)24(37)30-18-13-22(34(3)15-18)25(38)31-19(8-4-6-10-27)23(36)32-20(26(39)40)9-5-7-11-28/h12-15,19-20H,4-11,27-28H2,1-3H3,(H,29,35)(H,30,37)(H,31,38)(H,32,36)(H,39,40)/t19-,20-/m0/s1. The number of aliphatic carboxylic acids is 1. The summed E-state index contributed by atoms with van der Waals surface area (Å²) in [6, 6.07) is 0.901. The molecule has 0 saturated heterocycles. The van der Waals surface area contributed by atoms with E-state index in [-0.39, 0.29) is 30.1 Å². The van der Waals surface area contributed by atoms with Gasteiger partial charge < -0.3 is 47.0 Å². The Morgan fingerprint density at radius 3 is 1.77 bits per heavy atom. The molecule has 0 unspecified atom stereocenters. The highest BCUT2D eigenvalue weighted by atomic mass is 16.4. The molecular weight excluding hydrogens is 520 g/mol. The molecule has 0 spiro atoms. The summed E-state index contributed by atoms with van der Waals surface area (Å²) in [6.07, 6.45) is 5.97. The fourth-order valence-electron chi connectivity index (χ4n) is 4.13. The maximum atomic E-state index is 13.1. The summed E-state index contributed by atoms with van der Waals surface area (Å²) in [5, 5.41) is 20.1. The fraction of sp³-hybridized carbons (Fsp3) is 0.500. The van der Waals surface area contributed by atoms with Gasteiger partial charge in [0.25, 0.3) is 11.8 Å². The average Bonchev–Trinajstić information content (AvgIpc) is 3.43. The van der Waals surface area contributed by atoms with Crippen molar-refractivity contribution in [3.05, 3.63) is 35.9 Å². The van der Waals surface area contributed by atoms with Gasteiger partial charge in [-0.3, -0.25) is 19.2 Å². The number of hydrogen-bond acceptors (Lipinski definition) is 7. The van der Waals surface area contributed by atoms with Crippen molar-refractivity contribution in [1.82, 2.24) is 19.8 Å². The molecule has 2 aromatic rings. The summed E-state index contributed by atoms with van der Waals surface area (Å²) in [5.41, 5.74) is 12.3. The number of nitrogens with two attached hydrogens (primary N) is 2. The first-order chi connectivity index (χ1) is 19.0. The number of nitrogens with one attached hydrogen (secondary N) is 4. The van der Waals surface area contributed by atoms with E-state index < -0.39 is 35.8 Å². The first-order valence-electron chi connectivity index (χ1n) is 13.1. The van der Waals surface area contributed by atoms with Gasteiger partial charge in [-0.05, 0) is 63.7 Å². The van der Waals surface area contributed by atoms with Crippen molar-refractivity contribution >= 4 is 41.0 Å². The molecule has 0 aromatic carbocycles. The maximum absolute atomic E-state index is 13.1. The van der Waals surface area contributed by atoms with Gasteiger partial charge in [0.2, 0.25) is 11.8 Å². The van der Waals surface area contributed by atoms with E-state index in [4.69, 9.17) is 11.5 Å². The van der Waals surface area contributed by atoms with Crippen LogP contribution in [0.25, 0.3) is 0 Å². The largest absolute Gasteiger partial charge is 0.480 e. The van der Waals surface area contributed by atoms with Crippen molar-refractivity contribution in [2.75, 3.05) is 23.7 Å². The number of carbonyl (C=O) groups is 5. The molecule has 40 heavy (non-hydrogen) atoms. The molecule has 2 heterocycles. The van der Waals surface area contributed by atoms with Crippen LogP contribution in [0.15, 0.2) is 24.5 Å². The van der Waals surface area contributed by atoms with Crippen LogP contribution in [0.5, 0.6) is 0 Å². The van der Waals surface area contributed by atoms with E-state index in [1.807, 2.05) is 0 Å². The lowest BCUT2D eigenvalue weighted by atomic mass is 10.1. The van der Waals surface area contributed by atoms with Gasteiger partial charge in [0.1, 0.15) is 23.5 Å². The van der Waals surface area contributed by atoms with Gasteiger partial charge >= 0.3 is 5.97 Å². The van der Waals surface area contributed by atoms with E-state index in [1.54, 1.807) is 31.1 Å². The number of carboxylic acid groups (broad SMARTS) is 1. The molecule has 2 rings (SSSR count). The zero-order chi connectivity index (χ0) is 29.8. The molecule has 14 heteroatoms. The van der Waals surface area contributed by atoms with Crippen LogP contribution in [-0.2, 0) is 28.5 Å². The number of aryl methyl sites for hydroxylation is 2. The number of nitrogens with zero attached hydrogens (tertiary/aromatic N) is 2. The second-order valence-electron chi connectivity index (χ2n) is 9.58. The number of rotatable bonds is 16. The Labute approximate surface area is 232 Å². The summed E-state index contributed by atoms with van der Waals surface area (Å²) >= 11 is 0. The second-order valence-corrected chi connectivity index (χ2v) is 9.58. The van der Waals surface area contributed by atoms with Gasteiger partial charge in [0, 0.05) is 33.4 Å². The fourth-order valence-corrected chi connectivity index (χ4v) is 4.13. The molecule has 9 N–H and O–H groups in total. The van der Waals surface area contributed by atoms with Gasteiger partial charge in [0.05, 0.1) is 11.4 Å². The molecule has 0 aliphatic rings. The molecule has 220 valence electrons. The first-order valence-corrected chi connectivity index (χ1v) is 13.1. The molecule has 0 radical (unpaired) electrons. The second kappa shape index (κ2) is 15.4. The molecule has 14 nitrogen and oxygen atoms in total. The minimum absolute atomic E-state index is 0.176. The van der Waals surface area contributed by atoms with E-state index >= 15 is 0 Å². The molecule has 4 amide bonds. The normalized spacial score (nSPS) is 12.3. The molecule has 2 atom stereocenters. The highest BCUT2D eigenvalue weighted by Gasteiger charge is 2.27. The predicted molar refractivity (Wildman–Crippen MR) is 150 cm³/mol. The SMILES string of the molecule is CC(=O)Nc1cc(C(=O)Nc2cc(C(=O)N[C@@H](CCCCN)C(=O)N[C@@H](CCCCN)C(=O)O)n(C)c2)n(C)c1. The minimum atomic E-state index is -1.16. The van der Waals surface area contributed by atoms with Crippen LogP contribution in [0.2, 0.25) is 0 Å². The highest BCUT2D eigenvalue weighted by molar-refractivity contribution is 6.05. The van der Waals surface area contributed by atoms with E-state index in [0.29, 0.717) is 50.1 Å². The van der Waals surface area contributed by atoms with Crippen molar-refractivity contribution in [3.63, 3.8) is 0 Å². The van der Waals surface area contributed by atoms with Crippen molar-refractivity contribution < 1.29 is 29.1 Å². The van der Waals surface area contributed by atoms with E-state index in [2.05, 4.69) is 21.3 Å². The quantitative estimate of drug-likeness (QED) is 0.143. The van der Waals surface area contributed by atoms with Crippen molar-refractivity contribution in [3.8, 4) is 0 Å².